The quantitative estimate of drug-likeness (QED) is 0.225. The van der Waals surface area contributed by atoms with E-state index in [2.05, 4.69) is 67.0 Å². The molecule has 6 aromatic heterocycles. The molecule has 7 heteroatoms. The fourth-order valence-electron chi connectivity index (χ4n) is 5.94. The summed E-state index contributed by atoms with van der Waals surface area (Å²) in [6.45, 7) is 0. The first-order valence-corrected chi connectivity index (χ1v) is 13.7. The molecule has 6 heterocycles. The molecule has 42 heavy (non-hydrogen) atoms. The van der Waals surface area contributed by atoms with Gasteiger partial charge in [0.25, 0.3) is 0 Å². The van der Waals surface area contributed by atoms with E-state index in [-0.39, 0.29) is 0 Å². The highest BCUT2D eigenvalue weighted by molar-refractivity contribution is 6.22. The van der Waals surface area contributed by atoms with Crippen LogP contribution < -0.4 is 0 Å². The molecule has 0 aliphatic carbocycles. The largest absolute Gasteiger partial charge is 0.454 e. The molecule has 0 saturated heterocycles. The Hall–Kier alpha value is -5.95. The van der Waals surface area contributed by atoms with Crippen LogP contribution in [0.15, 0.2) is 126 Å². The van der Waals surface area contributed by atoms with E-state index in [1.165, 1.54) is 0 Å². The second kappa shape index (κ2) is 8.78. The third kappa shape index (κ3) is 3.37. The highest BCUT2D eigenvalue weighted by Crippen LogP contribution is 2.41. The van der Waals surface area contributed by atoms with Crippen molar-refractivity contribution < 1.29 is 4.42 Å². The van der Waals surface area contributed by atoms with Gasteiger partial charge in [-0.05, 0) is 60.7 Å². The summed E-state index contributed by atoms with van der Waals surface area (Å²) in [4.78, 5) is 23.5. The number of pyridine rings is 3. The normalized spacial score (nSPS) is 11.8. The summed E-state index contributed by atoms with van der Waals surface area (Å²) in [6.07, 6.45) is 7.02. The van der Waals surface area contributed by atoms with E-state index < -0.39 is 0 Å². The Labute approximate surface area is 238 Å². The fourth-order valence-corrected chi connectivity index (χ4v) is 5.94. The highest BCUT2D eigenvalue weighted by atomic mass is 16.3. The molecule has 0 bridgehead atoms. The van der Waals surface area contributed by atoms with Crippen LogP contribution in [0.4, 0.5) is 0 Å². The first-order valence-electron chi connectivity index (χ1n) is 13.7. The molecule has 0 aliphatic rings. The van der Waals surface area contributed by atoms with Crippen LogP contribution in [-0.2, 0) is 0 Å². The molecule has 0 aliphatic heterocycles. The molecule has 196 valence electrons. The minimum absolute atomic E-state index is 0.751. The van der Waals surface area contributed by atoms with Crippen molar-refractivity contribution >= 4 is 54.8 Å². The molecule has 3 aromatic carbocycles. The van der Waals surface area contributed by atoms with Crippen molar-refractivity contribution in [3.8, 4) is 28.5 Å². The zero-order valence-electron chi connectivity index (χ0n) is 22.1. The summed E-state index contributed by atoms with van der Waals surface area (Å²) in [5.41, 5.74) is 9.28. The van der Waals surface area contributed by atoms with E-state index in [0.717, 1.165) is 83.2 Å². The van der Waals surface area contributed by atoms with Crippen molar-refractivity contribution in [1.29, 1.82) is 0 Å². The van der Waals surface area contributed by atoms with Gasteiger partial charge in [-0.2, -0.15) is 0 Å². The van der Waals surface area contributed by atoms with Crippen LogP contribution in [-0.4, -0.2) is 29.5 Å². The average Bonchev–Trinajstić information content (AvgIpc) is 3.60. The van der Waals surface area contributed by atoms with Crippen molar-refractivity contribution in [2.75, 3.05) is 0 Å². The summed E-state index contributed by atoms with van der Waals surface area (Å²) < 4.78 is 8.85. The fraction of sp³-hybridized carbons (Fsp3) is 0. The summed E-state index contributed by atoms with van der Waals surface area (Å²) in [7, 11) is 0. The first-order chi connectivity index (χ1) is 20.8. The molecule has 0 fully saturated rings. The lowest BCUT2D eigenvalue weighted by Gasteiger charge is -2.13. The number of rotatable bonds is 3. The Morgan fingerprint density at radius 3 is 1.88 bits per heavy atom. The molecule has 0 amide bonds. The summed E-state index contributed by atoms with van der Waals surface area (Å²) in [5.74, 6) is 0. The summed E-state index contributed by atoms with van der Waals surface area (Å²) in [6, 6.07) is 32.6. The molecule has 9 rings (SSSR count). The number of benzene rings is 3. The minimum Gasteiger partial charge on any atom is -0.454 e. The predicted octanol–water partition coefficient (Wildman–Crippen LogP) is 8.15. The maximum absolute atomic E-state index is 6.59. The lowest BCUT2D eigenvalue weighted by atomic mass is 10.1. The Bertz CT molecular complexity index is 2400. The Balaban J connectivity index is 1.47. The Morgan fingerprint density at radius 2 is 1.17 bits per heavy atom. The van der Waals surface area contributed by atoms with Gasteiger partial charge in [0.1, 0.15) is 5.58 Å². The van der Waals surface area contributed by atoms with Crippen molar-refractivity contribution in [1.82, 2.24) is 29.5 Å². The monoisotopic (exact) mass is 540 g/mol. The molecular formula is C35H20N6O. The number of furan rings is 1. The van der Waals surface area contributed by atoms with E-state index in [0.29, 0.717) is 0 Å². The Kier molecular flexibility index (Phi) is 4.77. The number of nitrogens with zero attached hydrogens (tertiary/aromatic N) is 6. The van der Waals surface area contributed by atoms with Crippen LogP contribution >= 0.6 is 0 Å². The topological polar surface area (TPSA) is 82.5 Å². The van der Waals surface area contributed by atoms with Gasteiger partial charge in [-0.3, -0.25) is 19.9 Å². The van der Waals surface area contributed by atoms with E-state index >= 15 is 0 Å². The maximum Gasteiger partial charge on any atom is 0.160 e. The van der Waals surface area contributed by atoms with Gasteiger partial charge in [-0.25, -0.2) is 4.98 Å². The zero-order valence-corrected chi connectivity index (χ0v) is 22.1. The van der Waals surface area contributed by atoms with Crippen molar-refractivity contribution in [3.63, 3.8) is 0 Å². The van der Waals surface area contributed by atoms with Gasteiger partial charge < -0.3 is 8.98 Å². The SMILES string of the molecule is c1ccc(-c2cc(-n3c4cc5nccnc5cc4c4ccc5c6ccccc6oc5c43)cc(-c3ccccn3)n2)nc1. The van der Waals surface area contributed by atoms with Gasteiger partial charge in [0.2, 0.25) is 0 Å². The first kappa shape index (κ1) is 22.8. The lowest BCUT2D eigenvalue weighted by Crippen LogP contribution is -2.00. The summed E-state index contributed by atoms with van der Waals surface area (Å²) >= 11 is 0. The van der Waals surface area contributed by atoms with Gasteiger partial charge >= 0.3 is 0 Å². The van der Waals surface area contributed by atoms with Crippen LogP contribution in [0.1, 0.15) is 0 Å². The second-order valence-electron chi connectivity index (χ2n) is 10.2. The zero-order chi connectivity index (χ0) is 27.6. The molecule has 0 atom stereocenters. The number of hydrogen-bond acceptors (Lipinski definition) is 6. The standard InChI is InChI=1S/C35H20N6O/c1-2-10-33-22(7-1)24-12-11-23-25-19-28-29(39-16-15-38-28)20-32(25)41(34(23)35(24)42-33)21-17-30(26-8-3-5-13-36-26)40-31(18-21)27-9-4-6-14-37-27/h1-20H. The van der Waals surface area contributed by atoms with Crippen molar-refractivity contribution in [3.05, 3.63) is 122 Å². The number of para-hydroxylation sites is 1. The van der Waals surface area contributed by atoms with Crippen LogP contribution in [0.5, 0.6) is 0 Å². The van der Waals surface area contributed by atoms with Gasteiger partial charge in [0, 0.05) is 46.3 Å². The molecule has 0 N–H and O–H groups in total. The average molecular weight is 541 g/mol. The summed E-state index contributed by atoms with van der Waals surface area (Å²) in [5, 5.41) is 4.28. The molecule has 9 aromatic rings. The Morgan fingerprint density at radius 1 is 0.500 bits per heavy atom. The highest BCUT2D eigenvalue weighted by Gasteiger charge is 2.21. The number of fused-ring (bicyclic) bond motifs is 8. The molecule has 7 nitrogen and oxygen atoms in total. The van der Waals surface area contributed by atoms with Crippen LogP contribution in [0.3, 0.4) is 0 Å². The molecule has 0 unspecified atom stereocenters. The van der Waals surface area contributed by atoms with Crippen molar-refractivity contribution in [2.24, 2.45) is 0 Å². The maximum atomic E-state index is 6.59. The van der Waals surface area contributed by atoms with E-state index in [9.17, 15) is 0 Å². The van der Waals surface area contributed by atoms with Crippen LogP contribution in [0, 0.1) is 0 Å². The molecule has 0 radical (unpaired) electrons. The van der Waals surface area contributed by atoms with Gasteiger partial charge in [0.15, 0.2) is 5.58 Å². The predicted molar refractivity (Wildman–Crippen MR) is 165 cm³/mol. The number of hydrogen-bond donors (Lipinski definition) is 0. The van der Waals surface area contributed by atoms with Gasteiger partial charge in [-0.15, -0.1) is 0 Å². The van der Waals surface area contributed by atoms with E-state index in [1.807, 2.05) is 54.6 Å². The smallest absolute Gasteiger partial charge is 0.160 e. The van der Waals surface area contributed by atoms with E-state index in [4.69, 9.17) is 9.40 Å². The van der Waals surface area contributed by atoms with E-state index in [1.54, 1.807) is 24.8 Å². The second-order valence-corrected chi connectivity index (χ2v) is 10.2. The molecule has 0 spiro atoms. The van der Waals surface area contributed by atoms with Crippen LogP contribution in [0.2, 0.25) is 0 Å². The minimum atomic E-state index is 0.751. The number of aromatic nitrogens is 6. The van der Waals surface area contributed by atoms with Crippen molar-refractivity contribution in [2.45, 2.75) is 0 Å². The molecular weight excluding hydrogens is 520 g/mol. The van der Waals surface area contributed by atoms with Gasteiger partial charge in [0.05, 0.1) is 50.5 Å². The third-order valence-electron chi connectivity index (χ3n) is 7.79. The van der Waals surface area contributed by atoms with Crippen LogP contribution in [0.25, 0.3) is 83.2 Å². The van der Waals surface area contributed by atoms with Gasteiger partial charge in [-0.1, -0.05) is 36.4 Å². The third-order valence-corrected chi connectivity index (χ3v) is 7.79. The lowest BCUT2D eigenvalue weighted by molar-refractivity contribution is 0.671. The molecule has 0 saturated carbocycles.